The summed E-state index contributed by atoms with van der Waals surface area (Å²) in [6.45, 7) is -0.144. The molecule has 2 N–H and O–H groups in total. The van der Waals surface area contributed by atoms with Gasteiger partial charge in [0.05, 0.1) is 6.61 Å². The summed E-state index contributed by atoms with van der Waals surface area (Å²) in [5.41, 5.74) is 0. The number of carbonyl (C=O) groups is 2. The van der Waals surface area contributed by atoms with Crippen LogP contribution in [0.3, 0.4) is 0 Å². The largest absolute Gasteiger partial charge is 0.481 e. The molecule has 64 valence electrons. The molecule has 5 nitrogen and oxygen atoms in total. The molecule has 5 heteroatoms. The summed E-state index contributed by atoms with van der Waals surface area (Å²) in [7, 11) is 0. The average Bonchev–Trinajstić information content (AvgIpc) is 1.97. The van der Waals surface area contributed by atoms with Gasteiger partial charge in [-0.1, -0.05) is 0 Å². The third kappa shape index (κ3) is 5.35. The molecule has 0 fully saturated rings. The Morgan fingerprint density at radius 2 is 2.27 bits per heavy atom. The minimum Gasteiger partial charge on any atom is -0.481 e. The van der Waals surface area contributed by atoms with Gasteiger partial charge in [0, 0.05) is 6.42 Å². The average molecular weight is 162 g/mol. The first-order valence-electron chi connectivity index (χ1n) is 3.12. The number of aliphatic hydroxyl groups is 1. The van der Waals surface area contributed by atoms with Gasteiger partial charge in [-0.2, -0.15) is 0 Å². The van der Waals surface area contributed by atoms with Crippen molar-refractivity contribution in [3.8, 4) is 0 Å². The number of carbonyl (C=O) groups excluding carboxylic acids is 1. The van der Waals surface area contributed by atoms with E-state index in [0.717, 1.165) is 0 Å². The van der Waals surface area contributed by atoms with Crippen LogP contribution in [0.5, 0.6) is 0 Å². The number of carboxylic acids is 1. The lowest BCUT2D eigenvalue weighted by Crippen LogP contribution is -2.18. The summed E-state index contributed by atoms with van der Waals surface area (Å²) in [6.07, 6.45) is -0.660. The molecule has 1 unspecified atom stereocenters. The Balaban J connectivity index is 3.51. The van der Waals surface area contributed by atoms with Crippen molar-refractivity contribution in [3.05, 3.63) is 0 Å². The number of hydrogen-bond acceptors (Lipinski definition) is 4. The van der Waals surface area contributed by atoms with Gasteiger partial charge in [-0.05, 0) is 6.42 Å². The minimum atomic E-state index is -0.974. The van der Waals surface area contributed by atoms with E-state index >= 15 is 0 Å². The first kappa shape index (κ1) is 9.90. The zero-order valence-electron chi connectivity index (χ0n) is 5.90. The van der Waals surface area contributed by atoms with Crippen molar-refractivity contribution >= 4 is 12.4 Å². The molecule has 0 aliphatic heterocycles. The molecule has 0 aliphatic carbocycles. The van der Waals surface area contributed by atoms with Gasteiger partial charge in [-0.15, -0.1) is 0 Å². The molecule has 0 aromatic carbocycles. The summed E-state index contributed by atoms with van der Waals surface area (Å²) in [4.78, 5) is 19.7. The fourth-order valence-corrected chi connectivity index (χ4v) is 0.565. The molecule has 0 saturated carbocycles. The van der Waals surface area contributed by atoms with E-state index in [1.54, 1.807) is 0 Å². The summed E-state index contributed by atoms with van der Waals surface area (Å²) in [5.74, 6) is -0.974. The van der Waals surface area contributed by atoms with Crippen LogP contribution in [-0.4, -0.2) is 35.4 Å². The van der Waals surface area contributed by atoms with Crippen molar-refractivity contribution < 1.29 is 24.5 Å². The van der Waals surface area contributed by atoms with Gasteiger partial charge in [-0.3, -0.25) is 9.59 Å². The topological polar surface area (TPSA) is 83.8 Å². The number of carboxylic acid groups (broad SMARTS) is 1. The number of ether oxygens (including phenoxy) is 1. The fourth-order valence-electron chi connectivity index (χ4n) is 0.565. The maximum Gasteiger partial charge on any atom is 0.303 e. The maximum atomic E-state index is 10.00. The van der Waals surface area contributed by atoms with E-state index < -0.39 is 12.1 Å². The van der Waals surface area contributed by atoms with Crippen LogP contribution in [0.25, 0.3) is 0 Å². The standard InChI is InChI=1S/C6H10O5/c7-3-5(11-4-8)1-2-6(9)10/h4-5,7H,1-3H2,(H,9,10). The molecule has 0 aromatic heterocycles. The molecule has 0 rings (SSSR count). The van der Waals surface area contributed by atoms with Crippen molar-refractivity contribution in [2.45, 2.75) is 18.9 Å². The molecular weight excluding hydrogens is 152 g/mol. The second kappa shape index (κ2) is 5.67. The number of aliphatic hydroxyl groups excluding tert-OH is 1. The lowest BCUT2D eigenvalue weighted by molar-refractivity contribution is -0.141. The monoisotopic (exact) mass is 162 g/mol. The minimum absolute atomic E-state index is 0.112. The second-order valence-corrected chi connectivity index (χ2v) is 1.97. The van der Waals surface area contributed by atoms with Crippen molar-refractivity contribution in [1.29, 1.82) is 0 Å². The molecule has 11 heavy (non-hydrogen) atoms. The van der Waals surface area contributed by atoms with Gasteiger partial charge >= 0.3 is 5.97 Å². The van der Waals surface area contributed by atoms with E-state index in [0.29, 0.717) is 0 Å². The van der Waals surface area contributed by atoms with Gasteiger partial charge in [0.2, 0.25) is 0 Å². The van der Waals surface area contributed by atoms with E-state index in [1.165, 1.54) is 0 Å². The smallest absolute Gasteiger partial charge is 0.303 e. The van der Waals surface area contributed by atoms with E-state index in [2.05, 4.69) is 4.74 Å². The molecule has 0 aromatic rings. The highest BCUT2D eigenvalue weighted by atomic mass is 16.5. The molecule has 0 aliphatic rings. The predicted molar refractivity (Wildman–Crippen MR) is 34.9 cm³/mol. The van der Waals surface area contributed by atoms with Crippen LogP contribution in [0, 0.1) is 0 Å². The first-order valence-corrected chi connectivity index (χ1v) is 3.12. The van der Waals surface area contributed by atoms with Gasteiger partial charge in [0.1, 0.15) is 6.10 Å². The Hall–Kier alpha value is -1.10. The molecule has 0 bridgehead atoms. The Labute approximate surface area is 63.6 Å². The molecule has 0 saturated heterocycles. The third-order valence-electron chi connectivity index (χ3n) is 1.13. The Bertz CT molecular complexity index is 133. The van der Waals surface area contributed by atoms with Crippen molar-refractivity contribution in [3.63, 3.8) is 0 Å². The van der Waals surface area contributed by atoms with Crippen LogP contribution in [0.15, 0.2) is 0 Å². The molecule has 0 radical (unpaired) electrons. The Morgan fingerprint density at radius 3 is 2.64 bits per heavy atom. The van der Waals surface area contributed by atoms with Crippen LogP contribution < -0.4 is 0 Å². The van der Waals surface area contributed by atoms with Gasteiger partial charge in [0.25, 0.3) is 6.47 Å². The Morgan fingerprint density at radius 1 is 1.64 bits per heavy atom. The zero-order valence-corrected chi connectivity index (χ0v) is 5.90. The first-order chi connectivity index (χ1) is 5.20. The van der Waals surface area contributed by atoms with Crippen molar-refractivity contribution in [2.75, 3.05) is 6.61 Å². The maximum absolute atomic E-state index is 10.00. The second-order valence-electron chi connectivity index (χ2n) is 1.97. The molecular formula is C6H10O5. The van der Waals surface area contributed by atoms with Crippen LogP contribution in [0.4, 0.5) is 0 Å². The third-order valence-corrected chi connectivity index (χ3v) is 1.13. The van der Waals surface area contributed by atoms with Crippen molar-refractivity contribution in [1.82, 2.24) is 0 Å². The van der Waals surface area contributed by atoms with Crippen molar-refractivity contribution in [2.24, 2.45) is 0 Å². The number of aliphatic carboxylic acids is 1. The quantitative estimate of drug-likeness (QED) is 0.509. The highest BCUT2D eigenvalue weighted by molar-refractivity contribution is 5.66. The summed E-state index contributed by atoms with van der Waals surface area (Å²) in [6, 6.07) is 0. The van der Waals surface area contributed by atoms with Crippen LogP contribution in [0.1, 0.15) is 12.8 Å². The van der Waals surface area contributed by atoms with Crippen LogP contribution >= 0.6 is 0 Å². The van der Waals surface area contributed by atoms with Gasteiger partial charge in [-0.25, -0.2) is 0 Å². The van der Waals surface area contributed by atoms with Gasteiger partial charge < -0.3 is 14.9 Å². The lowest BCUT2D eigenvalue weighted by Gasteiger charge is -2.09. The van der Waals surface area contributed by atoms with Crippen LogP contribution in [-0.2, 0) is 14.3 Å². The van der Waals surface area contributed by atoms with E-state index in [4.69, 9.17) is 10.2 Å². The fraction of sp³-hybridized carbons (Fsp3) is 0.667. The summed E-state index contributed by atoms with van der Waals surface area (Å²) >= 11 is 0. The Kier molecular flexibility index (Phi) is 5.10. The SMILES string of the molecule is O=COC(CO)CCC(=O)O. The molecule has 0 spiro atoms. The van der Waals surface area contributed by atoms with E-state index in [-0.39, 0.29) is 25.9 Å². The molecule has 1 atom stereocenters. The van der Waals surface area contributed by atoms with Crippen LogP contribution in [0.2, 0.25) is 0 Å². The number of rotatable bonds is 6. The summed E-state index contributed by atoms with van der Waals surface area (Å²) < 4.78 is 4.35. The highest BCUT2D eigenvalue weighted by Crippen LogP contribution is 1.99. The predicted octanol–water partition coefficient (Wildman–Crippen LogP) is -0.615. The van der Waals surface area contributed by atoms with Gasteiger partial charge in [0.15, 0.2) is 0 Å². The zero-order chi connectivity index (χ0) is 8.69. The summed E-state index contributed by atoms with van der Waals surface area (Å²) in [5, 5.41) is 16.7. The lowest BCUT2D eigenvalue weighted by atomic mass is 10.2. The normalized spacial score (nSPS) is 12.1. The van der Waals surface area contributed by atoms with E-state index in [9.17, 15) is 9.59 Å². The van der Waals surface area contributed by atoms with E-state index in [1.807, 2.05) is 0 Å². The number of hydrogen-bond donors (Lipinski definition) is 2. The molecule has 0 heterocycles. The highest BCUT2D eigenvalue weighted by Gasteiger charge is 2.09. The molecule has 0 amide bonds.